The van der Waals surface area contributed by atoms with Crippen molar-refractivity contribution in [1.29, 1.82) is 0 Å². The molecule has 0 aliphatic heterocycles. The molecule has 1 aromatic carbocycles. The van der Waals surface area contributed by atoms with E-state index in [1.54, 1.807) is 7.11 Å². The van der Waals surface area contributed by atoms with Gasteiger partial charge in [-0.25, -0.2) is 4.98 Å². The third kappa shape index (κ3) is 4.47. The highest BCUT2D eigenvalue weighted by Gasteiger charge is 2.12. The van der Waals surface area contributed by atoms with Gasteiger partial charge in [-0.05, 0) is 31.4 Å². The van der Waals surface area contributed by atoms with Gasteiger partial charge in [-0.15, -0.1) is 0 Å². The molecule has 0 spiro atoms. The molecule has 0 saturated carbocycles. The number of hydrogen-bond acceptors (Lipinski definition) is 4. The van der Waals surface area contributed by atoms with Crippen molar-refractivity contribution in [3.63, 3.8) is 0 Å². The summed E-state index contributed by atoms with van der Waals surface area (Å²) in [5, 5.41) is 9.62. The molecule has 0 aliphatic rings. The van der Waals surface area contributed by atoms with Crippen molar-refractivity contribution < 1.29 is 14.6 Å². The topological polar surface area (TPSA) is 64.3 Å². The lowest BCUT2D eigenvalue weighted by atomic mass is 10.2. The second-order valence-corrected chi connectivity index (χ2v) is 5.71. The highest BCUT2D eigenvalue weighted by molar-refractivity contribution is 7.99. The monoisotopic (exact) mass is 308 g/mol. The van der Waals surface area contributed by atoms with Crippen molar-refractivity contribution >= 4 is 28.8 Å². The van der Waals surface area contributed by atoms with Crippen LogP contribution in [-0.4, -0.2) is 40.1 Å². The standard InChI is InChI=1S/C15H20N2O3S/c1-20-10-6-2-5-9-17-13-8-4-3-7-12(13)16-15(17)21-11-14(18)19/h3-4,7-8H,2,5-6,9-11H2,1H3,(H,18,19). The van der Waals surface area contributed by atoms with Crippen LogP contribution in [0.3, 0.4) is 0 Å². The summed E-state index contributed by atoms with van der Waals surface area (Å²) in [6, 6.07) is 7.92. The molecular formula is C15H20N2O3S. The Morgan fingerprint density at radius 2 is 2.14 bits per heavy atom. The van der Waals surface area contributed by atoms with Crippen LogP contribution in [0.4, 0.5) is 0 Å². The first-order valence-electron chi connectivity index (χ1n) is 7.01. The van der Waals surface area contributed by atoms with Crippen molar-refractivity contribution in [3.05, 3.63) is 24.3 Å². The fraction of sp³-hybridized carbons (Fsp3) is 0.467. The van der Waals surface area contributed by atoms with Crippen LogP contribution in [0.1, 0.15) is 19.3 Å². The number of benzene rings is 1. The van der Waals surface area contributed by atoms with Gasteiger partial charge in [-0.1, -0.05) is 23.9 Å². The van der Waals surface area contributed by atoms with Crippen molar-refractivity contribution in [2.24, 2.45) is 0 Å². The average molecular weight is 308 g/mol. The molecule has 1 aromatic heterocycles. The van der Waals surface area contributed by atoms with Crippen LogP contribution in [0.15, 0.2) is 29.4 Å². The summed E-state index contributed by atoms with van der Waals surface area (Å²) in [5.41, 5.74) is 1.99. The van der Waals surface area contributed by atoms with Crippen LogP contribution in [0.2, 0.25) is 0 Å². The molecule has 0 saturated heterocycles. The van der Waals surface area contributed by atoms with Gasteiger partial charge < -0.3 is 14.4 Å². The van der Waals surface area contributed by atoms with Gasteiger partial charge in [0.25, 0.3) is 0 Å². The number of carboxylic acids is 1. The second-order valence-electron chi connectivity index (χ2n) is 4.77. The predicted molar refractivity (Wildman–Crippen MR) is 83.8 cm³/mol. The number of imidazole rings is 1. The lowest BCUT2D eigenvalue weighted by Crippen LogP contribution is -2.04. The molecule has 114 valence electrons. The number of thioether (sulfide) groups is 1. The molecule has 0 unspecified atom stereocenters. The number of aliphatic carboxylic acids is 1. The minimum Gasteiger partial charge on any atom is -0.481 e. The molecule has 1 N–H and O–H groups in total. The first kappa shape index (κ1) is 15.9. The Bertz CT molecular complexity index is 598. The van der Waals surface area contributed by atoms with E-state index >= 15 is 0 Å². The van der Waals surface area contributed by atoms with Gasteiger partial charge >= 0.3 is 5.97 Å². The fourth-order valence-corrected chi connectivity index (χ4v) is 2.96. The number of carbonyl (C=O) groups is 1. The maximum absolute atomic E-state index is 10.8. The van der Waals surface area contributed by atoms with E-state index in [0.717, 1.165) is 48.6 Å². The summed E-state index contributed by atoms with van der Waals surface area (Å²) < 4.78 is 7.17. The summed E-state index contributed by atoms with van der Waals surface area (Å²) in [7, 11) is 1.71. The Morgan fingerprint density at radius 1 is 1.33 bits per heavy atom. The molecular weight excluding hydrogens is 288 g/mol. The lowest BCUT2D eigenvalue weighted by molar-refractivity contribution is -0.133. The smallest absolute Gasteiger partial charge is 0.313 e. The first-order chi connectivity index (χ1) is 10.2. The normalized spacial score (nSPS) is 11.1. The van der Waals surface area contributed by atoms with Crippen LogP contribution >= 0.6 is 11.8 Å². The summed E-state index contributed by atoms with van der Waals surface area (Å²) in [4.78, 5) is 15.3. The summed E-state index contributed by atoms with van der Waals surface area (Å²) in [6.07, 6.45) is 3.16. The SMILES string of the molecule is COCCCCCn1c(SCC(=O)O)nc2ccccc21. The summed E-state index contributed by atoms with van der Waals surface area (Å²) in [6.45, 7) is 1.64. The molecule has 0 bridgehead atoms. The number of para-hydroxylation sites is 2. The number of methoxy groups -OCH3 is 1. The van der Waals surface area contributed by atoms with Gasteiger partial charge in [0.1, 0.15) is 0 Å². The molecule has 2 aromatic rings. The van der Waals surface area contributed by atoms with Crippen molar-refractivity contribution in [2.75, 3.05) is 19.5 Å². The van der Waals surface area contributed by atoms with Crippen LogP contribution in [0.25, 0.3) is 11.0 Å². The maximum Gasteiger partial charge on any atom is 0.313 e. The Hall–Kier alpha value is -1.53. The number of fused-ring (bicyclic) bond motifs is 1. The molecule has 0 atom stereocenters. The fourth-order valence-electron chi connectivity index (χ4n) is 2.20. The third-order valence-corrected chi connectivity index (χ3v) is 4.14. The Morgan fingerprint density at radius 3 is 2.90 bits per heavy atom. The minimum atomic E-state index is -0.821. The van der Waals surface area contributed by atoms with E-state index in [0.29, 0.717) is 0 Å². The van der Waals surface area contributed by atoms with E-state index < -0.39 is 5.97 Å². The highest BCUT2D eigenvalue weighted by atomic mass is 32.2. The largest absolute Gasteiger partial charge is 0.481 e. The molecule has 6 heteroatoms. The Labute approximate surface area is 128 Å². The molecule has 0 aliphatic carbocycles. The van der Waals surface area contributed by atoms with Gasteiger partial charge in [0.2, 0.25) is 0 Å². The number of aryl methyl sites for hydroxylation is 1. The van der Waals surface area contributed by atoms with Gasteiger partial charge in [-0.3, -0.25) is 4.79 Å². The molecule has 2 rings (SSSR count). The first-order valence-corrected chi connectivity index (χ1v) is 7.99. The van der Waals surface area contributed by atoms with Crippen LogP contribution in [0, 0.1) is 0 Å². The van der Waals surface area contributed by atoms with Gasteiger partial charge in [0, 0.05) is 20.3 Å². The second kappa shape index (κ2) is 8.05. The third-order valence-electron chi connectivity index (χ3n) is 3.17. The van der Waals surface area contributed by atoms with E-state index in [9.17, 15) is 4.79 Å². The van der Waals surface area contributed by atoms with Gasteiger partial charge in [0.05, 0.1) is 16.8 Å². The summed E-state index contributed by atoms with van der Waals surface area (Å²) in [5.74, 6) is -0.786. The van der Waals surface area contributed by atoms with Gasteiger partial charge in [-0.2, -0.15) is 0 Å². The molecule has 0 fully saturated rings. The van der Waals surface area contributed by atoms with Crippen molar-refractivity contribution in [1.82, 2.24) is 9.55 Å². The quantitative estimate of drug-likeness (QED) is 0.570. The average Bonchev–Trinajstić information content (AvgIpc) is 2.83. The summed E-state index contributed by atoms with van der Waals surface area (Å²) >= 11 is 1.28. The van der Waals surface area contributed by atoms with Crippen molar-refractivity contribution in [2.45, 2.75) is 31.0 Å². The Kier molecular flexibility index (Phi) is 6.07. The number of ether oxygens (including phenoxy) is 1. The molecule has 1 heterocycles. The Balaban J connectivity index is 2.09. The minimum absolute atomic E-state index is 0.0347. The molecule has 0 amide bonds. The van der Waals surface area contributed by atoms with Crippen molar-refractivity contribution in [3.8, 4) is 0 Å². The maximum atomic E-state index is 10.8. The number of rotatable bonds is 9. The molecule has 0 radical (unpaired) electrons. The number of hydrogen-bond donors (Lipinski definition) is 1. The molecule has 21 heavy (non-hydrogen) atoms. The zero-order chi connectivity index (χ0) is 15.1. The van der Waals surface area contributed by atoms with Gasteiger partial charge in [0.15, 0.2) is 5.16 Å². The van der Waals surface area contributed by atoms with E-state index in [1.165, 1.54) is 11.8 Å². The number of aromatic nitrogens is 2. The zero-order valence-electron chi connectivity index (χ0n) is 12.1. The zero-order valence-corrected chi connectivity index (χ0v) is 12.9. The number of carboxylic acid groups (broad SMARTS) is 1. The van der Waals surface area contributed by atoms with Crippen LogP contribution in [-0.2, 0) is 16.1 Å². The van der Waals surface area contributed by atoms with Crippen LogP contribution < -0.4 is 0 Å². The van der Waals surface area contributed by atoms with E-state index in [4.69, 9.17) is 9.84 Å². The lowest BCUT2D eigenvalue weighted by Gasteiger charge is -2.08. The van der Waals surface area contributed by atoms with E-state index in [2.05, 4.69) is 9.55 Å². The van der Waals surface area contributed by atoms with E-state index in [-0.39, 0.29) is 5.75 Å². The van der Waals surface area contributed by atoms with Crippen LogP contribution in [0.5, 0.6) is 0 Å². The molecule has 5 nitrogen and oxygen atoms in total. The number of unbranched alkanes of at least 4 members (excludes halogenated alkanes) is 2. The number of nitrogens with zero attached hydrogens (tertiary/aromatic N) is 2. The van der Waals surface area contributed by atoms with E-state index in [1.807, 2.05) is 24.3 Å². The highest BCUT2D eigenvalue weighted by Crippen LogP contribution is 2.24. The predicted octanol–water partition coefficient (Wildman–Crippen LogP) is 3.03.